The Morgan fingerprint density at radius 2 is 1.94 bits per heavy atom. The number of aryl methyl sites for hydroxylation is 1. The number of imidazole rings is 1. The summed E-state index contributed by atoms with van der Waals surface area (Å²) in [7, 11) is 0. The third-order valence-corrected chi connectivity index (χ3v) is 3.50. The molecular weight excluding hydrogens is 222 g/mol. The fourth-order valence-corrected chi connectivity index (χ4v) is 2.18. The molecule has 2 unspecified atom stereocenters. The normalized spacial score (nSPS) is 15.0. The lowest BCUT2D eigenvalue weighted by Gasteiger charge is -2.24. The van der Waals surface area contributed by atoms with Crippen molar-refractivity contribution in [3.63, 3.8) is 0 Å². The van der Waals surface area contributed by atoms with Gasteiger partial charge in [0.05, 0.1) is 0 Å². The van der Waals surface area contributed by atoms with Crippen LogP contribution in [0.25, 0.3) is 0 Å². The maximum absolute atomic E-state index is 4.46. The Morgan fingerprint density at radius 1 is 1.22 bits per heavy atom. The first kappa shape index (κ1) is 15.2. The molecule has 2 atom stereocenters. The maximum atomic E-state index is 4.46. The van der Waals surface area contributed by atoms with Crippen molar-refractivity contribution >= 4 is 0 Å². The van der Waals surface area contributed by atoms with Gasteiger partial charge in [0.25, 0.3) is 0 Å². The zero-order chi connectivity index (χ0) is 13.5. The predicted molar refractivity (Wildman–Crippen MR) is 77.8 cm³/mol. The highest BCUT2D eigenvalue weighted by Gasteiger charge is 2.16. The van der Waals surface area contributed by atoms with E-state index in [4.69, 9.17) is 0 Å². The molecule has 1 rings (SSSR count). The number of nitrogens with zero attached hydrogens (tertiary/aromatic N) is 2. The Morgan fingerprint density at radius 3 is 2.56 bits per heavy atom. The van der Waals surface area contributed by atoms with Gasteiger partial charge in [0.15, 0.2) is 0 Å². The minimum absolute atomic E-state index is 0.508. The third kappa shape index (κ3) is 4.45. The minimum Gasteiger partial charge on any atom is -0.332 e. The van der Waals surface area contributed by atoms with Crippen molar-refractivity contribution in [2.24, 2.45) is 11.8 Å². The van der Waals surface area contributed by atoms with E-state index >= 15 is 0 Å². The molecule has 104 valence electrons. The summed E-state index contributed by atoms with van der Waals surface area (Å²) in [6, 6.07) is 0.508. The highest BCUT2D eigenvalue weighted by Crippen LogP contribution is 2.19. The summed E-state index contributed by atoms with van der Waals surface area (Å²) in [5.41, 5.74) is 0. The molecule has 0 amide bonds. The molecule has 1 aromatic heterocycles. The molecule has 3 heteroatoms. The van der Waals surface area contributed by atoms with Crippen LogP contribution in [-0.4, -0.2) is 22.6 Å². The Hall–Kier alpha value is -0.830. The number of rotatable bonds is 8. The molecule has 1 N–H and O–H groups in total. The summed E-state index contributed by atoms with van der Waals surface area (Å²) in [6.07, 6.45) is 6.28. The van der Waals surface area contributed by atoms with Crippen LogP contribution in [0.2, 0.25) is 0 Å². The van der Waals surface area contributed by atoms with Gasteiger partial charge >= 0.3 is 0 Å². The van der Waals surface area contributed by atoms with E-state index in [-0.39, 0.29) is 0 Å². The lowest BCUT2D eigenvalue weighted by molar-refractivity contribution is 0.347. The van der Waals surface area contributed by atoms with Gasteiger partial charge < -0.3 is 9.88 Å². The topological polar surface area (TPSA) is 29.9 Å². The summed E-state index contributed by atoms with van der Waals surface area (Å²) in [5.74, 6) is 2.56. The summed E-state index contributed by atoms with van der Waals surface area (Å²) in [6.45, 7) is 13.5. The fraction of sp³-hybridized carbons (Fsp3) is 0.800. The standard InChI is InChI=1S/C15H29N3/c1-6-7-15-17-8-9-18(15)14(5)13(4)11-16-10-12(2)3/h8-9,12-14,16H,6-7,10-11H2,1-5H3. The molecule has 0 radical (unpaired) electrons. The highest BCUT2D eigenvalue weighted by atomic mass is 15.1. The second kappa shape index (κ2) is 7.57. The van der Waals surface area contributed by atoms with Gasteiger partial charge in [-0.05, 0) is 38.3 Å². The lowest BCUT2D eigenvalue weighted by atomic mass is 10.0. The summed E-state index contributed by atoms with van der Waals surface area (Å²) in [4.78, 5) is 4.46. The smallest absolute Gasteiger partial charge is 0.108 e. The molecule has 0 aliphatic rings. The molecule has 0 aliphatic heterocycles. The Labute approximate surface area is 112 Å². The van der Waals surface area contributed by atoms with Crippen molar-refractivity contribution in [3.05, 3.63) is 18.2 Å². The molecule has 0 aromatic carbocycles. The minimum atomic E-state index is 0.508. The first-order valence-corrected chi connectivity index (χ1v) is 7.28. The fourth-order valence-electron chi connectivity index (χ4n) is 2.18. The van der Waals surface area contributed by atoms with E-state index in [1.165, 1.54) is 5.82 Å². The van der Waals surface area contributed by atoms with Crippen molar-refractivity contribution in [3.8, 4) is 0 Å². The summed E-state index contributed by atoms with van der Waals surface area (Å²) in [5, 5.41) is 3.55. The molecule has 0 bridgehead atoms. The molecule has 1 heterocycles. The van der Waals surface area contributed by atoms with Gasteiger partial charge in [-0.15, -0.1) is 0 Å². The molecular formula is C15H29N3. The van der Waals surface area contributed by atoms with Crippen LogP contribution in [0.15, 0.2) is 12.4 Å². The predicted octanol–water partition coefficient (Wildman–Crippen LogP) is 3.28. The van der Waals surface area contributed by atoms with E-state index in [2.05, 4.69) is 55.7 Å². The first-order valence-electron chi connectivity index (χ1n) is 7.28. The highest BCUT2D eigenvalue weighted by molar-refractivity contribution is 4.95. The van der Waals surface area contributed by atoms with Crippen molar-refractivity contribution < 1.29 is 0 Å². The average molecular weight is 251 g/mol. The second-order valence-electron chi connectivity index (χ2n) is 5.77. The average Bonchev–Trinajstić information content (AvgIpc) is 2.76. The zero-order valence-corrected chi connectivity index (χ0v) is 12.6. The Balaban J connectivity index is 2.51. The van der Waals surface area contributed by atoms with Crippen LogP contribution in [0.4, 0.5) is 0 Å². The SMILES string of the molecule is CCCc1nccn1C(C)C(C)CNCC(C)C. The van der Waals surface area contributed by atoms with Crippen LogP contribution in [0.1, 0.15) is 52.9 Å². The molecule has 0 spiro atoms. The van der Waals surface area contributed by atoms with Crippen molar-refractivity contribution in [1.29, 1.82) is 0 Å². The van der Waals surface area contributed by atoms with E-state index < -0.39 is 0 Å². The number of hydrogen-bond donors (Lipinski definition) is 1. The van der Waals surface area contributed by atoms with Gasteiger partial charge in [0.1, 0.15) is 5.82 Å². The van der Waals surface area contributed by atoms with Gasteiger partial charge in [0.2, 0.25) is 0 Å². The van der Waals surface area contributed by atoms with Crippen molar-refractivity contribution in [2.45, 2.75) is 53.5 Å². The van der Waals surface area contributed by atoms with Crippen LogP contribution in [-0.2, 0) is 6.42 Å². The van der Waals surface area contributed by atoms with Gasteiger partial charge in [-0.2, -0.15) is 0 Å². The largest absolute Gasteiger partial charge is 0.332 e. The van der Waals surface area contributed by atoms with Crippen molar-refractivity contribution in [2.75, 3.05) is 13.1 Å². The molecule has 18 heavy (non-hydrogen) atoms. The molecule has 0 saturated heterocycles. The van der Waals surface area contributed by atoms with E-state index in [9.17, 15) is 0 Å². The number of hydrogen-bond acceptors (Lipinski definition) is 2. The van der Waals surface area contributed by atoms with Gasteiger partial charge in [-0.3, -0.25) is 0 Å². The van der Waals surface area contributed by atoms with Crippen LogP contribution in [0.3, 0.4) is 0 Å². The van der Waals surface area contributed by atoms with Crippen molar-refractivity contribution in [1.82, 2.24) is 14.9 Å². The summed E-state index contributed by atoms with van der Waals surface area (Å²) < 4.78 is 2.34. The van der Waals surface area contributed by atoms with Crippen LogP contribution in [0, 0.1) is 11.8 Å². The Bertz CT molecular complexity index is 330. The lowest BCUT2D eigenvalue weighted by Crippen LogP contribution is -2.29. The molecule has 3 nitrogen and oxygen atoms in total. The monoisotopic (exact) mass is 251 g/mol. The molecule has 0 aliphatic carbocycles. The third-order valence-electron chi connectivity index (χ3n) is 3.50. The second-order valence-corrected chi connectivity index (χ2v) is 5.77. The molecule has 1 aromatic rings. The van der Waals surface area contributed by atoms with E-state index in [1.807, 2.05) is 6.20 Å². The van der Waals surface area contributed by atoms with E-state index in [0.717, 1.165) is 31.8 Å². The van der Waals surface area contributed by atoms with E-state index in [1.54, 1.807) is 0 Å². The number of aromatic nitrogens is 2. The Kier molecular flexibility index (Phi) is 6.41. The van der Waals surface area contributed by atoms with E-state index in [0.29, 0.717) is 12.0 Å². The van der Waals surface area contributed by atoms with Gasteiger partial charge in [0, 0.05) is 24.9 Å². The van der Waals surface area contributed by atoms with Crippen LogP contribution < -0.4 is 5.32 Å². The van der Waals surface area contributed by atoms with Gasteiger partial charge in [-0.1, -0.05) is 27.7 Å². The quantitative estimate of drug-likeness (QED) is 0.768. The van der Waals surface area contributed by atoms with Gasteiger partial charge in [-0.25, -0.2) is 4.98 Å². The van der Waals surface area contributed by atoms with Crippen LogP contribution >= 0.6 is 0 Å². The zero-order valence-electron chi connectivity index (χ0n) is 12.6. The number of nitrogens with one attached hydrogen (secondary N) is 1. The summed E-state index contributed by atoms with van der Waals surface area (Å²) >= 11 is 0. The molecule has 0 saturated carbocycles. The molecule has 0 fully saturated rings. The maximum Gasteiger partial charge on any atom is 0.108 e. The first-order chi connectivity index (χ1) is 8.56. The van der Waals surface area contributed by atoms with Crippen LogP contribution in [0.5, 0.6) is 0 Å².